The average molecular weight is 241 g/mol. The SMILES string of the molecule is CN1CCC(c2csc(CC(O)CN)n2)C1. The monoisotopic (exact) mass is 241 g/mol. The summed E-state index contributed by atoms with van der Waals surface area (Å²) in [6.07, 6.45) is 1.33. The van der Waals surface area contributed by atoms with Gasteiger partial charge in [-0.2, -0.15) is 0 Å². The highest BCUT2D eigenvalue weighted by molar-refractivity contribution is 7.09. The van der Waals surface area contributed by atoms with Crippen molar-refractivity contribution in [3.63, 3.8) is 0 Å². The summed E-state index contributed by atoms with van der Waals surface area (Å²) < 4.78 is 0. The zero-order valence-electron chi connectivity index (χ0n) is 9.59. The predicted molar refractivity (Wildman–Crippen MR) is 65.7 cm³/mol. The molecule has 2 rings (SSSR count). The second kappa shape index (κ2) is 5.23. The Hall–Kier alpha value is -0.490. The smallest absolute Gasteiger partial charge is 0.0954 e. The normalized spacial score (nSPS) is 23.8. The molecule has 1 saturated heterocycles. The lowest BCUT2D eigenvalue weighted by Crippen LogP contribution is -2.21. The number of hydrogen-bond donors (Lipinski definition) is 2. The quantitative estimate of drug-likeness (QED) is 0.802. The van der Waals surface area contributed by atoms with Crippen LogP contribution in [0.2, 0.25) is 0 Å². The molecule has 2 heterocycles. The third-order valence-electron chi connectivity index (χ3n) is 3.06. The molecule has 1 aromatic rings. The van der Waals surface area contributed by atoms with E-state index < -0.39 is 6.10 Å². The largest absolute Gasteiger partial charge is 0.391 e. The van der Waals surface area contributed by atoms with Crippen LogP contribution < -0.4 is 5.73 Å². The average Bonchev–Trinajstić information content (AvgIpc) is 2.87. The zero-order chi connectivity index (χ0) is 11.5. The van der Waals surface area contributed by atoms with Gasteiger partial charge >= 0.3 is 0 Å². The second-order valence-corrected chi connectivity index (χ2v) is 5.45. The van der Waals surface area contributed by atoms with Crippen molar-refractivity contribution in [2.45, 2.75) is 24.9 Å². The number of likely N-dealkylation sites (tertiary alicyclic amines) is 1. The molecular formula is C11H19N3OS. The van der Waals surface area contributed by atoms with Gasteiger partial charge in [-0.05, 0) is 20.0 Å². The molecule has 0 bridgehead atoms. The van der Waals surface area contributed by atoms with E-state index in [0.29, 0.717) is 18.9 Å². The number of rotatable bonds is 4. The Morgan fingerprint density at radius 2 is 2.56 bits per heavy atom. The molecule has 0 saturated carbocycles. The van der Waals surface area contributed by atoms with Crippen LogP contribution in [0.5, 0.6) is 0 Å². The Labute approximate surface area is 100 Å². The molecule has 0 spiro atoms. The predicted octanol–water partition coefficient (Wildman–Crippen LogP) is 0.424. The molecule has 90 valence electrons. The van der Waals surface area contributed by atoms with Crippen LogP contribution in [0.15, 0.2) is 5.38 Å². The highest BCUT2D eigenvalue weighted by Crippen LogP contribution is 2.27. The third-order valence-corrected chi connectivity index (χ3v) is 3.95. The zero-order valence-corrected chi connectivity index (χ0v) is 10.4. The van der Waals surface area contributed by atoms with Crippen LogP contribution in [0.1, 0.15) is 23.0 Å². The van der Waals surface area contributed by atoms with Crippen LogP contribution in [-0.2, 0) is 6.42 Å². The number of aliphatic hydroxyl groups is 1. The first-order valence-corrected chi connectivity index (χ1v) is 6.58. The molecular weight excluding hydrogens is 222 g/mol. The third kappa shape index (κ3) is 2.79. The van der Waals surface area contributed by atoms with Crippen molar-refractivity contribution < 1.29 is 5.11 Å². The number of nitrogens with zero attached hydrogens (tertiary/aromatic N) is 2. The topological polar surface area (TPSA) is 62.4 Å². The minimum absolute atomic E-state index is 0.307. The number of likely N-dealkylation sites (N-methyl/N-ethyl adjacent to an activating group) is 1. The molecule has 4 nitrogen and oxygen atoms in total. The first-order valence-electron chi connectivity index (χ1n) is 5.70. The highest BCUT2D eigenvalue weighted by atomic mass is 32.1. The Bertz CT molecular complexity index is 342. The molecule has 1 aromatic heterocycles. The molecule has 2 atom stereocenters. The fraction of sp³-hybridized carbons (Fsp3) is 0.727. The van der Waals surface area contributed by atoms with E-state index in [1.54, 1.807) is 11.3 Å². The maximum absolute atomic E-state index is 9.46. The summed E-state index contributed by atoms with van der Waals surface area (Å²) in [5.74, 6) is 0.574. The van der Waals surface area contributed by atoms with E-state index in [1.807, 2.05) is 0 Å². The van der Waals surface area contributed by atoms with E-state index in [0.717, 1.165) is 18.1 Å². The van der Waals surface area contributed by atoms with Gasteiger partial charge in [-0.3, -0.25) is 0 Å². The van der Waals surface area contributed by atoms with Crippen molar-refractivity contribution in [3.8, 4) is 0 Å². The molecule has 1 aliphatic rings. The van der Waals surface area contributed by atoms with Gasteiger partial charge in [0.15, 0.2) is 0 Å². The summed E-state index contributed by atoms with van der Waals surface area (Å²) in [5.41, 5.74) is 6.58. The molecule has 0 aromatic carbocycles. The molecule has 16 heavy (non-hydrogen) atoms. The van der Waals surface area contributed by atoms with Crippen LogP contribution >= 0.6 is 11.3 Å². The summed E-state index contributed by atoms with van der Waals surface area (Å²) >= 11 is 1.64. The van der Waals surface area contributed by atoms with Gasteiger partial charge in [0, 0.05) is 30.8 Å². The molecule has 1 aliphatic heterocycles. The van der Waals surface area contributed by atoms with Gasteiger partial charge in [-0.1, -0.05) is 0 Å². The van der Waals surface area contributed by atoms with E-state index in [2.05, 4.69) is 22.3 Å². The van der Waals surface area contributed by atoms with Gasteiger partial charge in [0.05, 0.1) is 16.8 Å². The number of hydrogen-bond acceptors (Lipinski definition) is 5. The molecule has 0 aliphatic carbocycles. The summed E-state index contributed by atoms with van der Waals surface area (Å²) in [4.78, 5) is 6.92. The van der Waals surface area contributed by atoms with Gasteiger partial charge in [0.1, 0.15) is 0 Å². The standard InChI is InChI=1S/C11H19N3OS/c1-14-3-2-8(6-14)10-7-16-11(13-10)4-9(15)5-12/h7-9,15H,2-6,12H2,1H3. The lowest BCUT2D eigenvalue weighted by Gasteiger charge is -2.07. The van der Waals surface area contributed by atoms with Gasteiger partial charge in [0.2, 0.25) is 0 Å². The summed E-state index contributed by atoms with van der Waals surface area (Å²) in [6.45, 7) is 2.56. The summed E-state index contributed by atoms with van der Waals surface area (Å²) in [5, 5.41) is 12.6. The Kier molecular flexibility index (Phi) is 3.91. The van der Waals surface area contributed by atoms with E-state index in [9.17, 15) is 5.11 Å². The Morgan fingerprint density at radius 1 is 1.75 bits per heavy atom. The van der Waals surface area contributed by atoms with Crippen LogP contribution in [-0.4, -0.2) is 47.8 Å². The minimum Gasteiger partial charge on any atom is -0.391 e. The van der Waals surface area contributed by atoms with Crippen molar-refractivity contribution in [3.05, 3.63) is 16.1 Å². The molecule has 1 fully saturated rings. The molecule has 3 N–H and O–H groups in total. The fourth-order valence-electron chi connectivity index (χ4n) is 2.07. The van der Waals surface area contributed by atoms with Gasteiger partial charge < -0.3 is 15.7 Å². The van der Waals surface area contributed by atoms with Gasteiger partial charge in [0.25, 0.3) is 0 Å². The number of thiazole rings is 1. The highest BCUT2D eigenvalue weighted by Gasteiger charge is 2.23. The van der Waals surface area contributed by atoms with Crippen molar-refractivity contribution >= 4 is 11.3 Å². The maximum atomic E-state index is 9.46. The lowest BCUT2D eigenvalue weighted by atomic mass is 10.1. The number of aliphatic hydroxyl groups excluding tert-OH is 1. The fourth-order valence-corrected chi connectivity index (χ4v) is 3.02. The number of nitrogens with two attached hydrogens (primary N) is 1. The molecule has 2 unspecified atom stereocenters. The van der Waals surface area contributed by atoms with E-state index in [-0.39, 0.29) is 0 Å². The van der Waals surface area contributed by atoms with Gasteiger partial charge in [-0.15, -0.1) is 11.3 Å². The lowest BCUT2D eigenvalue weighted by molar-refractivity contribution is 0.183. The Morgan fingerprint density at radius 3 is 3.19 bits per heavy atom. The first-order chi connectivity index (χ1) is 7.69. The molecule has 0 amide bonds. The van der Waals surface area contributed by atoms with Crippen LogP contribution in [0.25, 0.3) is 0 Å². The van der Waals surface area contributed by atoms with Crippen LogP contribution in [0.3, 0.4) is 0 Å². The minimum atomic E-state index is -0.453. The first kappa shape index (κ1) is 12.0. The van der Waals surface area contributed by atoms with Crippen molar-refractivity contribution in [1.82, 2.24) is 9.88 Å². The van der Waals surface area contributed by atoms with E-state index >= 15 is 0 Å². The van der Waals surface area contributed by atoms with E-state index in [4.69, 9.17) is 5.73 Å². The number of aromatic nitrogens is 1. The van der Waals surface area contributed by atoms with Crippen molar-refractivity contribution in [1.29, 1.82) is 0 Å². The summed E-state index contributed by atoms with van der Waals surface area (Å²) in [7, 11) is 2.14. The van der Waals surface area contributed by atoms with E-state index in [1.165, 1.54) is 12.1 Å². The van der Waals surface area contributed by atoms with Crippen LogP contribution in [0.4, 0.5) is 0 Å². The molecule has 0 radical (unpaired) electrons. The second-order valence-electron chi connectivity index (χ2n) is 4.51. The van der Waals surface area contributed by atoms with Gasteiger partial charge in [-0.25, -0.2) is 4.98 Å². The van der Waals surface area contributed by atoms with Crippen molar-refractivity contribution in [2.24, 2.45) is 5.73 Å². The molecule has 5 heteroatoms. The summed E-state index contributed by atoms with van der Waals surface area (Å²) in [6, 6.07) is 0. The maximum Gasteiger partial charge on any atom is 0.0954 e. The van der Waals surface area contributed by atoms with Crippen molar-refractivity contribution in [2.75, 3.05) is 26.7 Å². The Balaban J connectivity index is 1.97. The van der Waals surface area contributed by atoms with Crippen LogP contribution in [0, 0.1) is 0 Å².